The van der Waals surface area contributed by atoms with E-state index in [0.717, 1.165) is 36.4 Å². The van der Waals surface area contributed by atoms with Crippen molar-refractivity contribution in [2.45, 2.75) is 12.8 Å². The summed E-state index contributed by atoms with van der Waals surface area (Å²) in [5.74, 6) is 1.38. The van der Waals surface area contributed by atoms with E-state index in [1.807, 2.05) is 52.7 Å². The summed E-state index contributed by atoms with van der Waals surface area (Å²) in [7, 11) is 1.64. The highest BCUT2D eigenvalue weighted by Crippen LogP contribution is 2.32. The maximum absolute atomic E-state index is 10.5. The Balaban J connectivity index is 1.42. The van der Waals surface area contributed by atoms with Crippen LogP contribution in [0.5, 0.6) is 5.75 Å². The van der Waals surface area contributed by atoms with Gasteiger partial charge in [-0.1, -0.05) is 30.3 Å². The lowest BCUT2D eigenvalue weighted by Gasteiger charge is -2.18. The van der Waals surface area contributed by atoms with Crippen molar-refractivity contribution in [1.82, 2.24) is 9.88 Å². The van der Waals surface area contributed by atoms with Crippen LogP contribution in [0.2, 0.25) is 0 Å². The second kappa shape index (κ2) is 8.49. The molecule has 0 bridgehead atoms. The summed E-state index contributed by atoms with van der Waals surface area (Å²) in [5, 5.41) is 21.7. The van der Waals surface area contributed by atoms with Crippen LogP contribution in [0.15, 0.2) is 65.7 Å². The van der Waals surface area contributed by atoms with Crippen molar-refractivity contribution in [3.63, 3.8) is 0 Å². The van der Waals surface area contributed by atoms with E-state index in [2.05, 4.69) is 17.1 Å². The topological polar surface area (TPSA) is 69.4 Å². The Hall–Kier alpha value is -3.12. The van der Waals surface area contributed by atoms with Gasteiger partial charge in [0.05, 0.1) is 24.9 Å². The molecule has 4 rings (SSSR count). The van der Waals surface area contributed by atoms with Crippen LogP contribution in [-0.4, -0.2) is 41.0 Å². The minimum Gasteiger partial charge on any atom is -0.510 e. The molecule has 2 N–H and O–H groups in total. The molecule has 0 saturated heterocycles. The molecule has 0 atom stereocenters. The zero-order chi connectivity index (χ0) is 20.2. The number of aliphatic hydroxyl groups is 1. The van der Waals surface area contributed by atoms with Crippen molar-refractivity contribution in [2.24, 2.45) is 0 Å². The van der Waals surface area contributed by atoms with Crippen LogP contribution in [0.25, 0.3) is 16.8 Å². The minimum absolute atomic E-state index is 0.227. The third-order valence-electron chi connectivity index (χ3n) is 5.02. The second-order valence-corrected chi connectivity index (χ2v) is 7.81. The number of rotatable bonds is 7. The third-order valence-corrected chi connectivity index (χ3v) is 5.88. The molecule has 2 heterocycles. The van der Waals surface area contributed by atoms with E-state index in [-0.39, 0.29) is 5.76 Å². The average Bonchev–Trinajstić information content (AvgIpc) is 3.33. The monoisotopic (exact) mass is 405 g/mol. The number of amidine groups is 1. The predicted octanol–water partition coefficient (Wildman–Crippen LogP) is 5.01. The maximum atomic E-state index is 10.5. The molecule has 0 saturated carbocycles. The van der Waals surface area contributed by atoms with Crippen molar-refractivity contribution in [2.75, 3.05) is 20.2 Å². The number of aromatic nitrogens is 1. The van der Waals surface area contributed by atoms with Crippen molar-refractivity contribution < 1.29 is 9.84 Å². The van der Waals surface area contributed by atoms with Gasteiger partial charge >= 0.3 is 0 Å². The van der Waals surface area contributed by atoms with E-state index < -0.39 is 0 Å². The molecular formula is C23H23N3O2S. The predicted molar refractivity (Wildman–Crippen MR) is 118 cm³/mol. The summed E-state index contributed by atoms with van der Waals surface area (Å²) in [4.78, 5) is 6.59. The number of hydrogen-bond donors (Lipinski definition) is 2. The van der Waals surface area contributed by atoms with Crippen molar-refractivity contribution in [1.29, 1.82) is 5.41 Å². The summed E-state index contributed by atoms with van der Waals surface area (Å²) >= 11 is 1.45. The number of methoxy groups -OCH3 is 1. The standard InChI is InChI=1S/C23H23N3O2S/c1-28-18-11-9-17(10-12-18)19-15-29-23(25-19)21-20(27)14-26(22(21)24)13-5-8-16-6-3-2-4-7-16/h2-4,6-7,9-12,15,24,27H,5,8,13-14H2,1H3. The van der Waals surface area contributed by atoms with Crippen molar-refractivity contribution in [3.8, 4) is 17.0 Å². The molecule has 29 heavy (non-hydrogen) atoms. The molecule has 2 aromatic carbocycles. The Morgan fingerprint density at radius 1 is 1.14 bits per heavy atom. The van der Waals surface area contributed by atoms with Gasteiger partial charge in [-0.25, -0.2) is 4.98 Å². The zero-order valence-electron chi connectivity index (χ0n) is 16.3. The first-order valence-corrected chi connectivity index (χ1v) is 10.4. The molecule has 0 aliphatic carbocycles. The average molecular weight is 406 g/mol. The molecule has 0 radical (unpaired) electrons. The van der Waals surface area contributed by atoms with Crippen molar-refractivity contribution in [3.05, 3.63) is 76.3 Å². The van der Waals surface area contributed by atoms with Gasteiger partial charge < -0.3 is 14.7 Å². The molecule has 0 unspecified atom stereocenters. The van der Waals surface area contributed by atoms with E-state index in [9.17, 15) is 5.11 Å². The van der Waals surface area contributed by atoms with E-state index >= 15 is 0 Å². The fraction of sp³-hybridized carbons (Fsp3) is 0.217. The van der Waals surface area contributed by atoms with Crippen LogP contribution in [0.3, 0.4) is 0 Å². The SMILES string of the molecule is COc1ccc(-c2csc(C3=C(O)CN(CCCc4ccccc4)C3=N)n2)cc1. The van der Waals surface area contributed by atoms with Crippen LogP contribution >= 0.6 is 11.3 Å². The van der Waals surface area contributed by atoms with Crippen LogP contribution < -0.4 is 4.74 Å². The van der Waals surface area contributed by atoms with Gasteiger partial charge in [-0.05, 0) is 42.7 Å². The highest BCUT2D eigenvalue weighted by molar-refractivity contribution is 7.11. The number of nitrogens with one attached hydrogen (secondary N) is 1. The first-order chi connectivity index (χ1) is 14.2. The number of thiazole rings is 1. The molecule has 5 nitrogen and oxygen atoms in total. The number of aliphatic hydroxyl groups excluding tert-OH is 1. The van der Waals surface area contributed by atoms with E-state index in [4.69, 9.17) is 10.1 Å². The van der Waals surface area contributed by atoms with Crippen LogP contribution in [0.1, 0.15) is 17.0 Å². The van der Waals surface area contributed by atoms with Gasteiger partial charge in [-0.2, -0.15) is 0 Å². The summed E-state index contributed by atoms with van der Waals surface area (Å²) in [6.45, 7) is 1.11. The van der Waals surface area contributed by atoms with Gasteiger partial charge in [0.25, 0.3) is 0 Å². The van der Waals surface area contributed by atoms with Gasteiger partial charge in [0.1, 0.15) is 22.4 Å². The van der Waals surface area contributed by atoms with Gasteiger partial charge in [-0.15, -0.1) is 11.3 Å². The molecule has 1 aliphatic heterocycles. The molecule has 6 heteroatoms. The number of benzene rings is 2. The summed E-state index contributed by atoms with van der Waals surface area (Å²) in [6, 6.07) is 18.1. The second-order valence-electron chi connectivity index (χ2n) is 6.95. The Morgan fingerprint density at radius 3 is 2.62 bits per heavy atom. The molecule has 1 aromatic heterocycles. The zero-order valence-corrected chi connectivity index (χ0v) is 17.1. The molecule has 148 valence electrons. The Morgan fingerprint density at radius 2 is 1.90 bits per heavy atom. The van der Waals surface area contributed by atoms with Gasteiger partial charge in [0, 0.05) is 17.5 Å². The van der Waals surface area contributed by atoms with Crippen LogP contribution in [0.4, 0.5) is 0 Å². The van der Waals surface area contributed by atoms with Crippen LogP contribution in [0, 0.1) is 5.41 Å². The number of aryl methyl sites for hydroxylation is 1. The van der Waals surface area contributed by atoms with E-state index in [1.54, 1.807) is 7.11 Å². The van der Waals surface area contributed by atoms with Crippen molar-refractivity contribution >= 4 is 22.7 Å². The summed E-state index contributed by atoms with van der Waals surface area (Å²) in [5.41, 5.74) is 3.66. The maximum Gasteiger partial charge on any atom is 0.135 e. The number of hydrogen-bond acceptors (Lipinski definition) is 5. The van der Waals surface area contributed by atoms with Gasteiger partial charge in [-0.3, -0.25) is 5.41 Å². The Bertz CT molecular complexity index is 1030. The minimum atomic E-state index is 0.227. The normalized spacial score (nSPS) is 14.0. The number of ether oxygens (including phenoxy) is 1. The van der Waals surface area contributed by atoms with E-state index in [1.165, 1.54) is 16.9 Å². The van der Waals surface area contributed by atoms with Gasteiger partial charge in [0.2, 0.25) is 0 Å². The first kappa shape index (κ1) is 19.2. The van der Waals surface area contributed by atoms with E-state index in [0.29, 0.717) is 23.0 Å². The molecule has 0 fully saturated rings. The quantitative estimate of drug-likeness (QED) is 0.579. The highest BCUT2D eigenvalue weighted by atomic mass is 32.1. The lowest BCUT2D eigenvalue weighted by Crippen LogP contribution is -2.28. The number of nitrogens with zero attached hydrogens (tertiary/aromatic N) is 2. The smallest absolute Gasteiger partial charge is 0.135 e. The molecular weight excluding hydrogens is 382 g/mol. The molecule has 3 aromatic rings. The summed E-state index contributed by atoms with van der Waals surface area (Å²) < 4.78 is 5.20. The third kappa shape index (κ3) is 4.17. The fourth-order valence-corrected chi connectivity index (χ4v) is 4.35. The molecule has 0 spiro atoms. The largest absolute Gasteiger partial charge is 0.510 e. The molecule has 1 aliphatic rings. The lowest BCUT2D eigenvalue weighted by atomic mass is 10.1. The fourth-order valence-electron chi connectivity index (χ4n) is 3.45. The Kier molecular flexibility index (Phi) is 5.62. The highest BCUT2D eigenvalue weighted by Gasteiger charge is 2.29. The lowest BCUT2D eigenvalue weighted by molar-refractivity contribution is 0.347. The Labute approximate surface area is 174 Å². The summed E-state index contributed by atoms with van der Waals surface area (Å²) in [6.07, 6.45) is 1.89. The first-order valence-electron chi connectivity index (χ1n) is 9.56. The molecule has 0 amide bonds. The van der Waals surface area contributed by atoms with Crippen LogP contribution in [-0.2, 0) is 6.42 Å². The van der Waals surface area contributed by atoms with Gasteiger partial charge in [0.15, 0.2) is 0 Å².